The molecule has 0 fully saturated rings. The molecule has 0 bridgehead atoms. The fourth-order valence-corrected chi connectivity index (χ4v) is 2.30. The van der Waals surface area contributed by atoms with E-state index in [0.717, 1.165) is 19.3 Å². The third-order valence-electron chi connectivity index (χ3n) is 3.18. The number of nitrogens with zero attached hydrogens (tertiary/aromatic N) is 2. The van der Waals surface area contributed by atoms with E-state index in [2.05, 4.69) is 11.9 Å². The number of benzene rings is 1. The third-order valence-corrected chi connectivity index (χ3v) is 3.42. The summed E-state index contributed by atoms with van der Waals surface area (Å²) in [6.45, 7) is 2.76. The van der Waals surface area contributed by atoms with Gasteiger partial charge in [-0.05, 0) is 24.6 Å². The first kappa shape index (κ1) is 13.9. The molecule has 0 atom stereocenters. The molecule has 0 saturated heterocycles. The van der Waals surface area contributed by atoms with Crippen molar-refractivity contribution in [3.05, 3.63) is 33.6 Å². The number of halogens is 1. The summed E-state index contributed by atoms with van der Waals surface area (Å²) in [7, 11) is 0. The smallest absolute Gasteiger partial charge is 0.262 e. The van der Waals surface area contributed by atoms with Gasteiger partial charge < -0.3 is 5.73 Å². The Morgan fingerprint density at radius 3 is 2.84 bits per heavy atom. The zero-order chi connectivity index (χ0) is 13.8. The zero-order valence-corrected chi connectivity index (χ0v) is 11.8. The predicted octanol–water partition coefficient (Wildman–Crippen LogP) is 3.21. The molecular formula is C14H18ClN3O. The van der Waals surface area contributed by atoms with E-state index in [1.54, 1.807) is 18.2 Å². The van der Waals surface area contributed by atoms with Gasteiger partial charge in [-0.25, -0.2) is 4.98 Å². The monoisotopic (exact) mass is 279 g/mol. The lowest BCUT2D eigenvalue weighted by molar-refractivity contribution is 0.574. The van der Waals surface area contributed by atoms with E-state index in [1.807, 2.05) is 0 Å². The molecule has 0 amide bonds. The van der Waals surface area contributed by atoms with Crippen LogP contribution in [0.3, 0.4) is 0 Å². The number of fused-ring (bicyclic) bond motifs is 1. The molecular weight excluding hydrogens is 262 g/mol. The molecule has 2 aromatic rings. The number of nitrogens with two attached hydrogens (primary N) is 1. The second kappa shape index (κ2) is 6.06. The van der Waals surface area contributed by atoms with Crippen molar-refractivity contribution in [2.24, 2.45) is 0 Å². The molecule has 2 rings (SSSR count). The Labute approximate surface area is 117 Å². The van der Waals surface area contributed by atoms with E-state index in [4.69, 9.17) is 17.3 Å². The minimum atomic E-state index is -0.110. The van der Waals surface area contributed by atoms with Crippen molar-refractivity contribution in [3.8, 4) is 0 Å². The number of nitrogen functional groups attached to an aromatic ring is 1. The van der Waals surface area contributed by atoms with Gasteiger partial charge in [-0.1, -0.05) is 37.8 Å². The maximum Gasteiger partial charge on any atom is 0.262 e. The molecule has 5 heteroatoms. The lowest BCUT2D eigenvalue weighted by atomic mass is 10.2. The summed E-state index contributed by atoms with van der Waals surface area (Å²) in [5.41, 5.74) is 6.34. The minimum absolute atomic E-state index is 0.110. The normalized spacial score (nSPS) is 11.1. The number of anilines is 1. The molecule has 102 valence electrons. The van der Waals surface area contributed by atoms with Crippen molar-refractivity contribution in [1.82, 2.24) is 9.55 Å². The van der Waals surface area contributed by atoms with Gasteiger partial charge in [0.05, 0.1) is 10.9 Å². The molecule has 1 aromatic heterocycles. The van der Waals surface area contributed by atoms with E-state index >= 15 is 0 Å². The van der Waals surface area contributed by atoms with Gasteiger partial charge >= 0.3 is 0 Å². The summed E-state index contributed by atoms with van der Waals surface area (Å²) in [6.07, 6.45) is 4.36. The van der Waals surface area contributed by atoms with Crippen LogP contribution in [0.1, 0.15) is 32.6 Å². The molecule has 0 radical (unpaired) electrons. The topological polar surface area (TPSA) is 60.9 Å². The second-order valence-corrected chi connectivity index (χ2v) is 5.09. The molecule has 0 saturated carbocycles. The quantitative estimate of drug-likeness (QED) is 0.855. The van der Waals surface area contributed by atoms with Crippen LogP contribution < -0.4 is 11.3 Å². The molecule has 4 nitrogen and oxygen atoms in total. The van der Waals surface area contributed by atoms with Crippen LogP contribution in [-0.2, 0) is 6.54 Å². The Kier molecular flexibility index (Phi) is 4.43. The Bertz CT molecular complexity index is 636. The molecule has 2 N–H and O–H groups in total. The van der Waals surface area contributed by atoms with Crippen molar-refractivity contribution in [3.63, 3.8) is 0 Å². The van der Waals surface area contributed by atoms with Crippen LogP contribution >= 0.6 is 11.6 Å². The fraction of sp³-hybridized carbons (Fsp3) is 0.429. The standard InChI is InChI=1S/C14H18ClN3O/c1-2-3-4-5-8-18-13(19)11-9-10(15)6-7-12(11)17-14(18)16/h6-7,9H,2-5,8H2,1H3,(H2,16,17). The van der Waals surface area contributed by atoms with Crippen LogP contribution in [0, 0.1) is 0 Å². The molecule has 0 spiro atoms. The Balaban J connectivity index is 2.35. The third kappa shape index (κ3) is 3.07. The van der Waals surface area contributed by atoms with Crippen LogP contribution in [0.2, 0.25) is 5.02 Å². The highest BCUT2D eigenvalue weighted by Gasteiger charge is 2.08. The highest BCUT2D eigenvalue weighted by Crippen LogP contribution is 2.16. The Morgan fingerprint density at radius 2 is 2.11 bits per heavy atom. The zero-order valence-electron chi connectivity index (χ0n) is 11.0. The lowest BCUT2D eigenvalue weighted by Gasteiger charge is -2.10. The van der Waals surface area contributed by atoms with Crippen molar-refractivity contribution < 1.29 is 0 Å². The fourth-order valence-electron chi connectivity index (χ4n) is 2.12. The van der Waals surface area contributed by atoms with Crippen LogP contribution in [-0.4, -0.2) is 9.55 Å². The number of hydrogen-bond donors (Lipinski definition) is 1. The summed E-state index contributed by atoms with van der Waals surface area (Å²) < 4.78 is 1.54. The minimum Gasteiger partial charge on any atom is -0.369 e. The summed E-state index contributed by atoms with van der Waals surface area (Å²) in [5, 5.41) is 1.06. The maximum absolute atomic E-state index is 12.3. The van der Waals surface area contributed by atoms with E-state index in [9.17, 15) is 4.79 Å². The van der Waals surface area contributed by atoms with Crippen LogP contribution in [0.25, 0.3) is 10.9 Å². The number of rotatable bonds is 5. The van der Waals surface area contributed by atoms with Gasteiger partial charge in [-0.2, -0.15) is 0 Å². The SMILES string of the molecule is CCCCCCn1c(N)nc2ccc(Cl)cc2c1=O. The second-order valence-electron chi connectivity index (χ2n) is 4.65. The van der Waals surface area contributed by atoms with Crippen LogP contribution in [0.4, 0.5) is 5.95 Å². The summed E-state index contributed by atoms with van der Waals surface area (Å²) in [6, 6.07) is 5.08. The van der Waals surface area contributed by atoms with Crippen molar-refractivity contribution >= 4 is 28.5 Å². The van der Waals surface area contributed by atoms with Gasteiger partial charge in [0.2, 0.25) is 5.95 Å². The predicted molar refractivity (Wildman–Crippen MR) is 79.6 cm³/mol. The number of hydrogen-bond acceptors (Lipinski definition) is 3. The average molecular weight is 280 g/mol. The largest absolute Gasteiger partial charge is 0.369 e. The number of aromatic nitrogens is 2. The van der Waals surface area contributed by atoms with Gasteiger partial charge in [0.25, 0.3) is 5.56 Å². The molecule has 1 heterocycles. The van der Waals surface area contributed by atoms with Crippen molar-refractivity contribution in [1.29, 1.82) is 0 Å². The summed E-state index contributed by atoms with van der Waals surface area (Å²) in [4.78, 5) is 16.6. The average Bonchev–Trinajstić information content (AvgIpc) is 2.39. The number of unbranched alkanes of at least 4 members (excludes halogenated alkanes) is 3. The van der Waals surface area contributed by atoms with Crippen molar-refractivity contribution in [2.45, 2.75) is 39.2 Å². The van der Waals surface area contributed by atoms with Gasteiger partial charge in [-0.15, -0.1) is 0 Å². The van der Waals surface area contributed by atoms with Crippen LogP contribution in [0.15, 0.2) is 23.0 Å². The Hall–Kier alpha value is -1.55. The molecule has 19 heavy (non-hydrogen) atoms. The summed E-state index contributed by atoms with van der Waals surface area (Å²) in [5.74, 6) is 0.274. The molecule has 0 aliphatic heterocycles. The van der Waals surface area contributed by atoms with E-state index in [1.165, 1.54) is 11.0 Å². The van der Waals surface area contributed by atoms with E-state index < -0.39 is 0 Å². The van der Waals surface area contributed by atoms with Gasteiger partial charge in [0, 0.05) is 11.6 Å². The van der Waals surface area contributed by atoms with E-state index in [0.29, 0.717) is 22.5 Å². The first-order valence-corrected chi connectivity index (χ1v) is 6.97. The highest BCUT2D eigenvalue weighted by atomic mass is 35.5. The lowest BCUT2D eigenvalue weighted by Crippen LogP contribution is -2.24. The summed E-state index contributed by atoms with van der Waals surface area (Å²) >= 11 is 5.92. The Morgan fingerprint density at radius 1 is 1.32 bits per heavy atom. The van der Waals surface area contributed by atoms with E-state index in [-0.39, 0.29) is 11.5 Å². The molecule has 1 aromatic carbocycles. The van der Waals surface area contributed by atoms with Crippen LogP contribution in [0.5, 0.6) is 0 Å². The highest BCUT2D eigenvalue weighted by molar-refractivity contribution is 6.31. The van der Waals surface area contributed by atoms with Crippen molar-refractivity contribution in [2.75, 3.05) is 5.73 Å². The van der Waals surface area contributed by atoms with Gasteiger partial charge in [-0.3, -0.25) is 9.36 Å². The first-order chi connectivity index (χ1) is 9.13. The molecule has 0 aliphatic carbocycles. The van der Waals surface area contributed by atoms with Gasteiger partial charge in [0.1, 0.15) is 0 Å². The molecule has 0 unspecified atom stereocenters. The van der Waals surface area contributed by atoms with Gasteiger partial charge in [0.15, 0.2) is 0 Å². The molecule has 0 aliphatic rings. The maximum atomic E-state index is 12.3. The first-order valence-electron chi connectivity index (χ1n) is 6.59.